The number of carbonyl (C=O) groups is 2. The summed E-state index contributed by atoms with van der Waals surface area (Å²) in [5.74, 6) is -0.332. The number of para-hydroxylation sites is 1. The SMILES string of the molecule is CC(C)(N)CC(=O)N[C@@H]1CCc2ccccc2N(Cc2ccc(-c3ccccc3CO)cc2)C1=O. The Morgan fingerprint density at radius 1 is 1.06 bits per heavy atom. The van der Waals surface area contributed by atoms with Gasteiger partial charge in [0.15, 0.2) is 0 Å². The molecule has 0 saturated carbocycles. The molecule has 2 amide bonds. The van der Waals surface area contributed by atoms with Gasteiger partial charge in [-0.05, 0) is 60.6 Å². The van der Waals surface area contributed by atoms with E-state index in [4.69, 9.17) is 5.73 Å². The van der Waals surface area contributed by atoms with Crippen molar-refractivity contribution in [2.75, 3.05) is 4.90 Å². The highest BCUT2D eigenvalue weighted by atomic mass is 16.3. The average molecular weight is 472 g/mol. The Labute approximate surface area is 206 Å². The predicted octanol–water partition coefficient (Wildman–Crippen LogP) is 3.94. The van der Waals surface area contributed by atoms with Crippen LogP contribution in [-0.2, 0) is 29.2 Å². The molecule has 6 heteroatoms. The van der Waals surface area contributed by atoms with Gasteiger partial charge in [0.1, 0.15) is 6.04 Å². The van der Waals surface area contributed by atoms with Crippen LogP contribution in [0.15, 0.2) is 72.8 Å². The van der Waals surface area contributed by atoms with Gasteiger partial charge in [-0.2, -0.15) is 0 Å². The number of amides is 2. The Kier molecular flexibility index (Phi) is 7.34. The van der Waals surface area contributed by atoms with Crippen LogP contribution in [0.1, 0.15) is 43.4 Å². The number of anilines is 1. The van der Waals surface area contributed by atoms with Gasteiger partial charge in [-0.3, -0.25) is 9.59 Å². The molecule has 182 valence electrons. The molecule has 1 atom stereocenters. The van der Waals surface area contributed by atoms with Gasteiger partial charge in [0.25, 0.3) is 0 Å². The summed E-state index contributed by atoms with van der Waals surface area (Å²) < 4.78 is 0. The average Bonchev–Trinajstić information content (AvgIpc) is 2.96. The number of hydrogen-bond acceptors (Lipinski definition) is 4. The first kappa shape index (κ1) is 24.6. The van der Waals surface area contributed by atoms with Crippen molar-refractivity contribution in [3.63, 3.8) is 0 Å². The minimum absolute atomic E-state index is 0.0224. The van der Waals surface area contributed by atoms with Gasteiger partial charge < -0.3 is 21.1 Å². The van der Waals surface area contributed by atoms with E-state index in [0.717, 1.165) is 33.5 Å². The molecule has 3 aromatic carbocycles. The highest BCUT2D eigenvalue weighted by Gasteiger charge is 2.32. The topological polar surface area (TPSA) is 95.7 Å². The molecule has 0 aliphatic carbocycles. The number of nitrogens with one attached hydrogen (secondary N) is 1. The summed E-state index contributed by atoms with van der Waals surface area (Å²) in [7, 11) is 0. The third-order valence-electron chi connectivity index (χ3n) is 6.29. The van der Waals surface area contributed by atoms with E-state index in [-0.39, 0.29) is 24.8 Å². The number of aliphatic hydroxyl groups is 1. The zero-order chi connectivity index (χ0) is 25.0. The molecule has 35 heavy (non-hydrogen) atoms. The van der Waals surface area contributed by atoms with Crippen molar-refractivity contribution in [1.29, 1.82) is 0 Å². The van der Waals surface area contributed by atoms with Crippen LogP contribution in [0, 0.1) is 0 Å². The predicted molar refractivity (Wildman–Crippen MR) is 139 cm³/mol. The Morgan fingerprint density at radius 3 is 2.46 bits per heavy atom. The van der Waals surface area contributed by atoms with Gasteiger partial charge in [0.05, 0.1) is 13.2 Å². The van der Waals surface area contributed by atoms with Crippen LogP contribution in [0.4, 0.5) is 5.69 Å². The van der Waals surface area contributed by atoms with E-state index in [1.165, 1.54) is 0 Å². The molecule has 0 aromatic heterocycles. The summed E-state index contributed by atoms with van der Waals surface area (Å²) in [5.41, 5.74) is 11.2. The lowest BCUT2D eigenvalue weighted by atomic mass is 9.99. The van der Waals surface area contributed by atoms with Crippen molar-refractivity contribution in [3.8, 4) is 11.1 Å². The lowest BCUT2D eigenvalue weighted by Gasteiger charge is -2.27. The molecule has 1 aliphatic heterocycles. The fourth-order valence-corrected chi connectivity index (χ4v) is 4.58. The molecule has 0 fully saturated rings. The van der Waals surface area contributed by atoms with Crippen LogP contribution >= 0.6 is 0 Å². The maximum Gasteiger partial charge on any atom is 0.249 e. The number of hydrogen-bond donors (Lipinski definition) is 3. The molecule has 4 rings (SSSR count). The van der Waals surface area contributed by atoms with Gasteiger partial charge in [-0.15, -0.1) is 0 Å². The number of rotatable bonds is 7. The first-order chi connectivity index (χ1) is 16.7. The van der Waals surface area contributed by atoms with Crippen molar-refractivity contribution in [3.05, 3.63) is 89.5 Å². The second kappa shape index (κ2) is 10.4. The van der Waals surface area contributed by atoms with Crippen LogP contribution < -0.4 is 16.0 Å². The van der Waals surface area contributed by atoms with E-state index in [2.05, 4.69) is 5.32 Å². The van der Waals surface area contributed by atoms with Gasteiger partial charge in [-0.1, -0.05) is 66.7 Å². The molecule has 1 heterocycles. The maximum atomic E-state index is 13.6. The van der Waals surface area contributed by atoms with E-state index in [1.807, 2.05) is 72.8 Å². The Hall–Kier alpha value is -3.48. The molecule has 0 saturated heterocycles. The number of nitrogens with zero attached hydrogens (tertiary/aromatic N) is 1. The normalized spacial score (nSPS) is 15.9. The molecule has 3 aromatic rings. The second-order valence-electron chi connectivity index (χ2n) is 9.89. The summed E-state index contributed by atoms with van der Waals surface area (Å²) in [6, 6.07) is 23.1. The van der Waals surface area contributed by atoms with Gasteiger partial charge in [-0.25, -0.2) is 0 Å². The van der Waals surface area contributed by atoms with Crippen molar-refractivity contribution in [2.24, 2.45) is 5.73 Å². The number of carbonyl (C=O) groups excluding carboxylic acids is 2. The third-order valence-corrected chi connectivity index (χ3v) is 6.29. The van der Waals surface area contributed by atoms with Gasteiger partial charge in [0, 0.05) is 17.6 Å². The van der Waals surface area contributed by atoms with Crippen molar-refractivity contribution in [2.45, 2.75) is 57.8 Å². The maximum absolute atomic E-state index is 13.6. The first-order valence-corrected chi connectivity index (χ1v) is 12.0. The molecule has 6 nitrogen and oxygen atoms in total. The summed E-state index contributed by atoms with van der Waals surface area (Å²) in [6.07, 6.45) is 1.40. The van der Waals surface area contributed by atoms with Crippen LogP contribution in [-0.4, -0.2) is 28.5 Å². The molecule has 1 aliphatic rings. The van der Waals surface area contributed by atoms with E-state index >= 15 is 0 Å². The largest absolute Gasteiger partial charge is 0.392 e. The fourth-order valence-electron chi connectivity index (χ4n) is 4.58. The minimum Gasteiger partial charge on any atom is -0.392 e. The highest BCUT2D eigenvalue weighted by molar-refractivity contribution is 6.00. The van der Waals surface area contributed by atoms with Crippen molar-refractivity contribution >= 4 is 17.5 Å². The summed E-state index contributed by atoms with van der Waals surface area (Å²) >= 11 is 0. The summed E-state index contributed by atoms with van der Waals surface area (Å²) in [4.78, 5) is 28.0. The molecule has 4 N–H and O–H groups in total. The monoisotopic (exact) mass is 471 g/mol. The number of nitrogens with two attached hydrogens (primary N) is 1. The fraction of sp³-hybridized carbons (Fsp3) is 0.310. The quantitative estimate of drug-likeness (QED) is 0.486. The standard InChI is InChI=1S/C29H33N3O3/c1-29(2,30)17-27(34)31-25-16-15-22-7-4-6-10-26(22)32(28(25)35)18-20-11-13-21(14-12-20)24-9-5-3-8-23(24)19-33/h3-14,25,33H,15-19,30H2,1-2H3,(H,31,34)/t25-/m1/s1. The Bertz CT molecular complexity index is 1200. The van der Waals surface area contributed by atoms with Crippen LogP contribution in [0.2, 0.25) is 0 Å². The minimum atomic E-state index is -0.642. The third kappa shape index (κ3) is 5.96. The smallest absolute Gasteiger partial charge is 0.249 e. The molecule has 0 radical (unpaired) electrons. The van der Waals surface area contributed by atoms with Gasteiger partial charge in [0.2, 0.25) is 11.8 Å². The van der Waals surface area contributed by atoms with E-state index in [9.17, 15) is 14.7 Å². The van der Waals surface area contributed by atoms with Crippen LogP contribution in [0.3, 0.4) is 0 Å². The first-order valence-electron chi connectivity index (χ1n) is 12.0. The highest BCUT2D eigenvalue weighted by Crippen LogP contribution is 2.30. The number of benzene rings is 3. The summed E-state index contributed by atoms with van der Waals surface area (Å²) in [6.45, 7) is 3.97. The zero-order valence-corrected chi connectivity index (χ0v) is 20.3. The number of fused-ring (bicyclic) bond motifs is 1. The van der Waals surface area contributed by atoms with E-state index in [0.29, 0.717) is 19.4 Å². The van der Waals surface area contributed by atoms with Crippen LogP contribution in [0.5, 0.6) is 0 Å². The molecular weight excluding hydrogens is 438 g/mol. The number of aliphatic hydroxyl groups excluding tert-OH is 1. The molecule has 0 unspecified atom stereocenters. The van der Waals surface area contributed by atoms with E-state index in [1.54, 1.807) is 18.7 Å². The Morgan fingerprint density at radius 2 is 1.74 bits per heavy atom. The summed E-state index contributed by atoms with van der Waals surface area (Å²) in [5, 5.41) is 12.6. The van der Waals surface area contributed by atoms with E-state index < -0.39 is 11.6 Å². The molecule has 0 bridgehead atoms. The zero-order valence-electron chi connectivity index (χ0n) is 20.3. The van der Waals surface area contributed by atoms with Crippen LogP contribution in [0.25, 0.3) is 11.1 Å². The van der Waals surface area contributed by atoms with Crippen molar-refractivity contribution in [1.82, 2.24) is 5.32 Å². The Balaban J connectivity index is 1.58. The van der Waals surface area contributed by atoms with Crippen molar-refractivity contribution < 1.29 is 14.7 Å². The number of aryl methyl sites for hydroxylation is 1. The lowest BCUT2D eigenvalue weighted by Crippen LogP contribution is -2.49. The lowest BCUT2D eigenvalue weighted by molar-refractivity contribution is -0.128. The van der Waals surface area contributed by atoms with Gasteiger partial charge >= 0.3 is 0 Å². The molecular formula is C29H33N3O3. The molecule has 0 spiro atoms. The second-order valence-corrected chi connectivity index (χ2v) is 9.89.